The standard InChI is InChI=1S/C21H21N3O4/c1-28-7-6-24-12-18(21(26)27)19(25)17-10-16(11-22-20(17)24)23-15-8-13-4-2-3-5-14(13)9-15/h2-5,10-12,15,23H,6-9H2,1H3,(H,26,27). The molecule has 144 valence electrons. The Morgan fingerprint density at radius 2 is 2.04 bits per heavy atom. The molecule has 0 unspecified atom stereocenters. The molecule has 0 aliphatic heterocycles. The SMILES string of the molecule is COCCn1cc(C(=O)O)c(=O)c2cc(NC3Cc4ccccc4C3)cnc21. The molecule has 0 amide bonds. The van der Waals surface area contributed by atoms with E-state index in [2.05, 4.69) is 22.4 Å². The van der Waals surface area contributed by atoms with Gasteiger partial charge < -0.3 is 19.7 Å². The number of carbonyl (C=O) groups is 1. The molecule has 2 N–H and O–H groups in total. The van der Waals surface area contributed by atoms with E-state index in [9.17, 15) is 14.7 Å². The van der Waals surface area contributed by atoms with E-state index in [1.165, 1.54) is 17.3 Å². The van der Waals surface area contributed by atoms with Crippen LogP contribution >= 0.6 is 0 Å². The second-order valence-corrected chi connectivity index (χ2v) is 6.98. The van der Waals surface area contributed by atoms with Crippen molar-refractivity contribution in [2.75, 3.05) is 19.0 Å². The summed E-state index contributed by atoms with van der Waals surface area (Å²) in [6.45, 7) is 0.796. The number of aromatic nitrogens is 2. The van der Waals surface area contributed by atoms with Crippen LogP contribution in [0.5, 0.6) is 0 Å². The van der Waals surface area contributed by atoms with Crippen molar-refractivity contribution in [2.45, 2.75) is 25.4 Å². The number of anilines is 1. The van der Waals surface area contributed by atoms with E-state index >= 15 is 0 Å². The number of aromatic carboxylic acids is 1. The van der Waals surface area contributed by atoms with Gasteiger partial charge in [0.1, 0.15) is 11.2 Å². The highest BCUT2D eigenvalue weighted by Gasteiger charge is 2.21. The van der Waals surface area contributed by atoms with Crippen LogP contribution in [0.4, 0.5) is 5.69 Å². The number of pyridine rings is 2. The van der Waals surface area contributed by atoms with Crippen LogP contribution in [0.25, 0.3) is 11.0 Å². The van der Waals surface area contributed by atoms with Crippen molar-refractivity contribution >= 4 is 22.7 Å². The lowest BCUT2D eigenvalue weighted by Gasteiger charge is -2.15. The topological polar surface area (TPSA) is 93.5 Å². The van der Waals surface area contributed by atoms with Gasteiger partial charge in [-0.25, -0.2) is 9.78 Å². The van der Waals surface area contributed by atoms with Gasteiger partial charge in [0.15, 0.2) is 0 Å². The molecule has 1 aromatic carbocycles. The van der Waals surface area contributed by atoms with Crippen LogP contribution in [0.3, 0.4) is 0 Å². The van der Waals surface area contributed by atoms with E-state index < -0.39 is 11.4 Å². The Kier molecular flexibility index (Phi) is 4.83. The molecule has 0 spiro atoms. The number of hydrogen-bond donors (Lipinski definition) is 2. The Balaban J connectivity index is 1.69. The maximum Gasteiger partial charge on any atom is 0.341 e. The third-order valence-electron chi connectivity index (χ3n) is 5.10. The smallest absolute Gasteiger partial charge is 0.341 e. The predicted octanol–water partition coefficient (Wildman–Crippen LogP) is 2.32. The maximum atomic E-state index is 12.7. The zero-order chi connectivity index (χ0) is 19.7. The van der Waals surface area contributed by atoms with Crippen LogP contribution in [-0.2, 0) is 24.1 Å². The number of fused-ring (bicyclic) bond motifs is 2. The molecule has 28 heavy (non-hydrogen) atoms. The van der Waals surface area contributed by atoms with Crippen LogP contribution in [0.2, 0.25) is 0 Å². The molecule has 7 nitrogen and oxygen atoms in total. The largest absolute Gasteiger partial charge is 0.477 e. The molecule has 1 aliphatic rings. The van der Waals surface area contributed by atoms with Gasteiger partial charge in [0, 0.05) is 25.9 Å². The number of ether oxygens (including phenoxy) is 1. The van der Waals surface area contributed by atoms with E-state index in [0.717, 1.165) is 12.8 Å². The minimum atomic E-state index is -1.25. The summed E-state index contributed by atoms with van der Waals surface area (Å²) in [6, 6.07) is 10.2. The van der Waals surface area contributed by atoms with Gasteiger partial charge in [-0.1, -0.05) is 24.3 Å². The summed E-state index contributed by atoms with van der Waals surface area (Å²) in [4.78, 5) is 28.6. The number of hydrogen-bond acceptors (Lipinski definition) is 5. The van der Waals surface area contributed by atoms with E-state index in [1.54, 1.807) is 23.9 Å². The normalized spacial score (nSPS) is 13.6. The first-order valence-corrected chi connectivity index (χ1v) is 9.15. The summed E-state index contributed by atoms with van der Waals surface area (Å²) in [5.41, 5.74) is 3.01. The predicted molar refractivity (Wildman–Crippen MR) is 106 cm³/mol. The Morgan fingerprint density at radius 1 is 1.32 bits per heavy atom. The van der Waals surface area contributed by atoms with Crippen LogP contribution in [0.1, 0.15) is 21.5 Å². The van der Waals surface area contributed by atoms with Gasteiger partial charge in [0.2, 0.25) is 5.43 Å². The fraction of sp³-hybridized carbons (Fsp3) is 0.286. The summed E-state index contributed by atoms with van der Waals surface area (Å²) in [5.74, 6) is -1.25. The number of carboxylic acids is 1. The minimum absolute atomic E-state index is 0.218. The van der Waals surface area contributed by atoms with Crippen LogP contribution in [-0.4, -0.2) is 40.4 Å². The molecule has 0 fully saturated rings. The third kappa shape index (κ3) is 3.36. The zero-order valence-electron chi connectivity index (χ0n) is 15.5. The number of rotatable bonds is 6. The molecular formula is C21H21N3O4. The van der Waals surface area contributed by atoms with Crippen molar-refractivity contribution in [1.29, 1.82) is 0 Å². The van der Waals surface area contributed by atoms with Crippen molar-refractivity contribution in [3.8, 4) is 0 Å². The number of nitrogens with one attached hydrogen (secondary N) is 1. The fourth-order valence-electron chi connectivity index (χ4n) is 3.76. The molecule has 0 atom stereocenters. The molecule has 3 aromatic rings. The van der Waals surface area contributed by atoms with Gasteiger partial charge >= 0.3 is 5.97 Å². The van der Waals surface area contributed by atoms with Crippen molar-refractivity contribution in [1.82, 2.24) is 9.55 Å². The monoisotopic (exact) mass is 379 g/mol. The molecule has 2 aromatic heterocycles. The third-order valence-corrected chi connectivity index (χ3v) is 5.10. The number of benzene rings is 1. The van der Waals surface area contributed by atoms with Crippen LogP contribution in [0.15, 0.2) is 47.5 Å². The number of methoxy groups -OCH3 is 1. The van der Waals surface area contributed by atoms with Crippen molar-refractivity contribution in [2.24, 2.45) is 0 Å². The lowest BCUT2D eigenvalue weighted by atomic mass is 10.1. The van der Waals surface area contributed by atoms with E-state index in [-0.39, 0.29) is 17.0 Å². The lowest BCUT2D eigenvalue weighted by Crippen LogP contribution is -2.22. The van der Waals surface area contributed by atoms with Gasteiger partial charge in [-0.2, -0.15) is 0 Å². The molecule has 0 radical (unpaired) electrons. The van der Waals surface area contributed by atoms with Crippen molar-refractivity contribution in [3.63, 3.8) is 0 Å². The molecule has 0 saturated carbocycles. The first-order chi connectivity index (χ1) is 13.6. The molecule has 1 aliphatic carbocycles. The molecular weight excluding hydrogens is 358 g/mol. The Morgan fingerprint density at radius 3 is 2.68 bits per heavy atom. The molecule has 0 bridgehead atoms. The average Bonchev–Trinajstić information content (AvgIpc) is 3.09. The first kappa shape index (κ1) is 18.2. The molecule has 0 saturated heterocycles. The van der Waals surface area contributed by atoms with E-state index in [1.807, 2.05) is 12.1 Å². The molecule has 2 heterocycles. The Bertz CT molecular complexity index is 1080. The number of nitrogens with zero attached hydrogens (tertiary/aromatic N) is 2. The van der Waals surface area contributed by atoms with Gasteiger partial charge in [0.05, 0.1) is 23.9 Å². The Hall–Kier alpha value is -3.19. The van der Waals surface area contributed by atoms with E-state index in [0.29, 0.717) is 24.5 Å². The minimum Gasteiger partial charge on any atom is -0.477 e. The summed E-state index contributed by atoms with van der Waals surface area (Å²) in [5, 5.41) is 13.1. The highest BCUT2D eigenvalue weighted by molar-refractivity contribution is 5.92. The van der Waals surface area contributed by atoms with Crippen molar-refractivity contribution in [3.05, 3.63) is 69.6 Å². The van der Waals surface area contributed by atoms with Crippen molar-refractivity contribution < 1.29 is 14.6 Å². The average molecular weight is 379 g/mol. The van der Waals surface area contributed by atoms with E-state index in [4.69, 9.17) is 4.74 Å². The quantitative estimate of drug-likeness (QED) is 0.683. The lowest BCUT2D eigenvalue weighted by molar-refractivity contribution is 0.0694. The summed E-state index contributed by atoms with van der Waals surface area (Å²) >= 11 is 0. The van der Waals surface area contributed by atoms with Crippen LogP contribution in [0, 0.1) is 0 Å². The highest BCUT2D eigenvalue weighted by atomic mass is 16.5. The summed E-state index contributed by atoms with van der Waals surface area (Å²) in [6.07, 6.45) is 4.83. The second kappa shape index (κ2) is 7.44. The van der Waals surface area contributed by atoms with Gasteiger partial charge in [0.25, 0.3) is 0 Å². The van der Waals surface area contributed by atoms with Gasteiger partial charge in [-0.05, 0) is 30.0 Å². The summed E-state index contributed by atoms with van der Waals surface area (Å²) < 4.78 is 6.73. The number of carboxylic acid groups (broad SMARTS) is 1. The fourth-order valence-corrected chi connectivity index (χ4v) is 3.76. The zero-order valence-corrected chi connectivity index (χ0v) is 15.5. The van der Waals surface area contributed by atoms with Gasteiger partial charge in [-0.15, -0.1) is 0 Å². The molecule has 7 heteroatoms. The maximum absolute atomic E-state index is 12.7. The second-order valence-electron chi connectivity index (χ2n) is 6.98. The van der Waals surface area contributed by atoms with Crippen LogP contribution < -0.4 is 10.7 Å². The summed E-state index contributed by atoms with van der Waals surface area (Å²) in [7, 11) is 1.57. The highest BCUT2D eigenvalue weighted by Crippen LogP contribution is 2.25. The van der Waals surface area contributed by atoms with Gasteiger partial charge in [-0.3, -0.25) is 4.79 Å². The molecule has 4 rings (SSSR count). The first-order valence-electron chi connectivity index (χ1n) is 9.15. The Labute approximate surface area is 161 Å².